The second-order valence-corrected chi connectivity index (χ2v) is 4.18. The highest BCUT2D eigenvalue weighted by atomic mass is 19.3. The molecular weight excluding hydrogens is 230 g/mol. The molecule has 1 aliphatic carbocycles. The summed E-state index contributed by atoms with van der Waals surface area (Å²) < 4.78 is 28.3. The van der Waals surface area contributed by atoms with Crippen LogP contribution in [-0.2, 0) is 9.53 Å². The van der Waals surface area contributed by atoms with Gasteiger partial charge < -0.3 is 15.4 Å². The maximum atomic E-state index is 11.8. The largest absolute Gasteiger partial charge is 0.375 e. The van der Waals surface area contributed by atoms with Crippen LogP contribution in [0.25, 0.3) is 0 Å². The molecule has 1 aliphatic rings. The van der Waals surface area contributed by atoms with Crippen molar-refractivity contribution in [2.45, 2.75) is 38.2 Å². The average molecular weight is 250 g/mol. The highest BCUT2D eigenvalue weighted by Crippen LogP contribution is 2.27. The van der Waals surface area contributed by atoms with Crippen LogP contribution in [0.15, 0.2) is 0 Å². The molecule has 1 saturated carbocycles. The van der Waals surface area contributed by atoms with Crippen molar-refractivity contribution in [1.82, 2.24) is 4.90 Å². The van der Waals surface area contributed by atoms with E-state index in [-0.39, 0.29) is 18.9 Å². The van der Waals surface area contributed by atoms with Gasteiger partial charge in [-0.15, -0.1) is 0 Å². The van der Waals surface area contributed by atoms with E-state index in [2.05, 4.69) is 0 Å². The number of alkyl halides is 2. The van der Waals surface area contributed by atoms with Gasteiger partial charge in [-0.25, -0.2) is 8.78 Å². The average Bonchev–Trinajstić information content (AvgIpc) is 3.09. The van der Waals surface area contributed by atoms with Crippen molar-refractivity contribution in [1.29, 1.82) is 0 Å². The Labute approximate surface area is 100 Å². The lowest BCUT2D eigenvalue weighted by Gasteiger charge is -2.22. The third kappa shape index (κ3) is 5.93. The van der Waals surface area contributed by atoms with Gasteiger partial charge in [0.05, 0.1) is 13.0 Å². The van der Waals surface area contributed by atoms with Gasteiger partial charge in [0.1, 0.15) is 6.61 Å². The molecule has 4 nitrogen and oxygen atoms in total. The fourth-order valence-corrected chi connectivity index (χ4v) is 1.63. The Morgan fingerprint density at radius 2 is 2.18 bits per heavy atom. The number of carbonyl (C=O) groups excluding carboxylic acids is 1. The molecule has 0 aromatic rings. The van der Waals surface area contributed by atoms with Crippen LogP contribution < -0.4 is 5.73 Å². The summed E-state index contributed by atoms with van der Waals surface area (Å²) in [7, 11) is 0. The van der Waals surface area contributed by atoms with Crippen molar-refractivity contribution in [3.63, 3.8) is 0 Å². The van der Waals surface area contributed by atoms with Gasteiger partial charge in [0.15, 0.2) is 0 Å². The summed E-state index contributed by atoms with van der Waals surface area (Å²) in [6, 6.07) is 0.337. The molecule has 6 heteroatoms. The van der Waals surface area contributed by atoms with Crippen molar-refractivity contribution in [2.75, 3.05) is 26.3 Å². The number of carbonyl (C=O) groups is 1. The fourth-order valence-electron chi connectivity index (χ4n) is 1.63. The molecule has 17 heavy (non-hydrogen) atoms. The number of hydrogen-bond acceptors (Lipinski definition) is 3. The lowest BCUT2D eigenvalue weighted by molar-refractivity contribution is -0.133. The van der Waals surface area contributed by atoms with Crippen molar-refractivity contribution in [2.24, 2.45) is 5.73 Å². The molecule has 1 fully saturated rings. The van der Waals surface area contributed by atoms with Crippen molar-refractivity contribution >= 4 is 5.91 Å². The van der Waals surface area contributed by atoms with Gasteiger partial charge in [0.2, 0.25) is 5.91 Å². The standard InChI is InChI=1S/C11H20F2N2O2/c12-10(13)8-17-7-4-11(16)15(6-1-5-14)9-2-3-9/h9-10H,1-8,14H2. The molecule has 0 unspecified atom stereocenters. The van der Waals surface area contributed by atoms with Gasteiger partial charge in [-0.3, -0.25) is 4.79 Å². The van der Waals surface area contributed by atoms with Crippen molar-refractivity contribution in [3.05, 3.63) is 0 Å². The summed E-state index contributed by atoms with van der Waals surface area (Å²) in [6.45, 7) is 0.682. The zero-order chi connectivity index (χ0) is 12.7. The predicted octanol–water partition coefficient (Wildman–Crippen LogP) is 0.998. The monoisotopic (exact) mass is 250 g/mol. The van der Waals surface area contributed by atoms with E-state index in [0.29, 0.717) is 19.1 Å². The molecule has 2 N–H and O–H groups in total. The third-order valence-electron chi connectivity index (χ3n) is 2.62. The van der Waals surface area contributed by atoms with Crippen LogP contribution in [0.2, 0.25) is 0 Å². The van der Waals surface area contributed by atoms with E-state index >= 15 is 0 Å². The number of ether oxygens (including phenoxy) is 1. The molecule has 0 bridgehead atoms. The van der Waals surface area contributed by atoms with Crippen LogP contribution in [0.4, 0.5) is 8.78 Å². The fraction of sp³-hybridized carbons (Fsp3) is 0.909. The lowest BCUT2D eigenvalue weighted by atomic mass is 10.3. The van der Waals surface area contributed by atoms with Crippen LogP contribution >= 0.6 is 0 Å². The third-order valence-corrected chi connectivity index (χ3v) is 2.62. The molecule has 0 aromatic heterocycles. The molecule has 0 heterocycles. The summed E-state index contributed by atoms with van der Waals surface area (Å²) in [4.78, 5) is 13.6. The number of halogens is 2. The second kappa shape index (κ2) is 7.55. The Balaban J connectivity index is 2.18. The Morgan fingerprint density at radius 3 is 2.71 bits per heavy atom. The first kappa shape index (κ1) is 14.3. The van der Waals surface area contributed by atoms with Gasteiger partial charge in [0.25, 0.3) is 6.43 Å². The lowest BCUT2D eigenvalue weighted by Crippen LogP contribution is -2.35. The van der Waals surface area contributed by atoms with E-state index in [1.807, 2.05) is 0 Å². The zero-order valence-electron chi connectivity index (χ0n) is 9.91. The Kier molecular flexibility index (Phi) is 6.36. The van der Waals surface area contributed by atoms with Crippen LogP contribution in [0, 0.1) is 0 Å². The quantitative estimate of drug-likeness (QED) is 0.621. The minimum absolute atomic E-state index is 0.0183. The maximum Gasteiger partial charge on any atom is 0.261 e. The van der Waals surface area contributed by atoms with Gasteiger partial charge in [-0.1, -0.05) is 0 Å². The first-order valence-electron chi connectivity index (χ1n) is 6.00. The van der Waals surface area contributed by atoms with E-state index in [1.54, 1.807) is 4.90 Å². The van der Waals surface area contributed by atoms with Crippen LogP contribution in [0.5, 0.6) is 0 Å². The van der Waals surface area contributed by atoms with Gasteiger partial charge in [-0.2, -0.15) is 0 Å². The molecule has 100 valence electrons. The SMILES string of the molecule is NCCCN(C(=O)CCOCC(F)F)C1CC1. The molecule has 1 rings (SSSR count). The Morgan fingerprint density at radius 1 is 1.47 bits per heavy atom. The molecule has 0 spiro atoms. The first-order valence-corrected chi connectivity index (χ1v) is 6.00. The second-order valence-electron chi connectivity index (χ2n) is 4.18. The number of hydrogen-bond donors (Lipinski definition) is 1. The molecule has 1 amide bonds. The normalized spacial score (nSPS) is 15.3. The number of nitrogens with zero attached hydrogens (tertiary/aromatic N) is 1. The van der Waals surface area contributed by atoms with E-state index < -0.39 is 13.0 Å². The van der Waals surface area contributed by atoms with E-state index in [9.17, 15) is 13.6 Å². The minimum atomic E-state index is -2.47. The maximum absolute atomic E-state index is 11.8. The highest BCUT2D eigenvalue weighted by molar-refractivity contribution is 5.77. The smallest absolute Gasteiger partial charge is 0.261 e. The minimum Gasteiger partial charge on any atom is -0.375 e. The Bertz CT molecular complexity index is 236. The van der Waals surface area contributed by atoms with Crippen molar-refractivity contribution < 1.29 is 18.3 Å². The van der Waals surface area contributed by atoms with Gasteiger partial charge >= 0.3 is 0 Å². The number of nitrogens with two attached hydrogens (primary N) is 1. The molecule has 0 saturated heterocycles. The summed E-state index contributed by atoms with van der Waals surface area (Å²) in [5.74, 6) is -0.0183. The Hall–Kier alpha value is -0.750. The summed E-state index contributed by atoms with van der Waals surface area (Å²) in [5.41, 5.74) is 5.41. The van der Waals surface area contributed by atoms with E-state index in [1.165, 1.54) is 0 Å². The van der Waals surface area contributed by atoms with Gasteiger partial charge in [-0.05, 0) is 25.8 Å². The van der Waals surface area contributed by atoms with Gasteiger partial charge in [0, 0.05) is 12.6 Å². The van der Waals surface area contributed by atoms with Crippen molar-refractivity contribution in [3.8, 4) is 0 Å². The molecule has 0 radical (unpaired) electrons. The van der Waals surface area contributed by atoms with Crippen LogP contribution in [-0.4, -0.2) is 49.6 Å². The summed E-state index contributed by atoms with van der Waals surface area (Å²) in [5, 5.41) is 0. The summed E-state index contributed by atoms with van der Waals surface area (Å²) in [6.07, 6.45) is 0.554. The molecule has 0 aliphatic heterocycles. The molecule has 0 aromatic carbocycles. The number of amides is 1. The molecular formula is C11H20F2N2O2. The van der Waals surface area contributed by atoms with E-state index in [0.717, 1.165) is 19.3 Å². The first-order chi connectivity index (χ1) is 8.15. The van der Waals surface area contributed by atoms with Crippen LogP contribution in [0.1, 0.15) is 25.7 Å². The molecule has 0 atom stereocenters. The van der Waals surface area contributed by atoms with Crippen LogP contribution in [0.3, 0.4) is 0 Å². The predicted molar refractivity (Wildman–Crippen MR) is 59.8 cm³/mol. The summed E-state index contributed by atoms with van der Waals surface area (Å²) >= 11 is 0. The highest BCUT2D eigenvalue weighted by Gasteiger charge is 2.31. The van der Waals surface area contributed by atoms with E-state index in [4.69, 9.17) is 10.5 Å². The number of rotatable bonds is 9. The zero-order valence-corrected chi connectivity index (χ0v) is 9.91. The topological polar surface area (TPSA) is 55.6 Å².